The van der Waals surface area contributed by atoms with Gasteiger partial charge >= 0.3 is 0 Å². The summed E-state index contributed by atoms with van der Waals surface area (Å²) in [5.74, 6) is -0.585. The topological polar surface area (TPSA) is 97.3 Å². The monoisotopic (exact) mass is 409 g/mol. The fourth-order valence-electron chi connectivity index (χ4n) is 2.29. The number of nitrogens with zero attached hydrogens (tertiary/aromatic N) is 2. The highest BCUT2D eigenvalue weighted by atomic mass is 32.2. The molecule has 28 heavy (non-hydrogen) atoms. The Morgan fingerprint density at radius 2 is 1.93 bits per heavy atom. The van der Waals surface area contributed by atoms with E-state index in [1.54, 1.807) is 12.1 Å². The molecular formula is C18H20FN3O5S. The van der Waals surface area contributed by atoms with Crippen molar-refractivity contribution in [1.82, 2.24) is 5.43 Å². The van der Waals surface area contributed by atoms with Crippen molar-refractivity contribution in [2.45, 2.75) is 0 Å². The molecule has 0 radical (unpaired) electrons. The number of methoxy groups -OCH3 is 2. The van der Waals surface area contributed by atoms with E-state index in [-0.39, 0.29) is 17.0 Å². The molecule has 2 aromatic carbocycles. The lowest BCUT2D eigenvalue weighted by Crippen LogP contribution is -2.39. The number of nitrogens with one attached hydrogen (secondary N) is 1. The zero-order chi connectivity index (χ0) is 20.7. The first-order valence-corrected chi connectivity index (χ1v) is 9.87. The normalized spacial score (nSPS) is 11.3. The highest BCUT2D eigenvalue weighted by Crippen LogP contribution is 2.33. The van der Waals surface area contributed by atoms with Crippen LogP contribution in [0.5, 0.6) is 11.5 Å². The van der Waals surface area contributed by atoms with Crippen molar-refractivity contribution in [3.8, 4) is 11.5 Å². The Morgan fingerprint density at radius 1 is 1.21 bits per heavy atom. The predicted molar refractivity (Wildman–Crippen MR) is 104 cm³/mol. The van der Waals surface area contributed by atoms with Crippen LogP contribution in [0.1, 0.15) is 5.56 Å². The van der Waals surface area contributed by atoms with Crippen molar-refractivity contribution >= 4 is 27.8 Å². The third-order valence-electron chi connectivity index (χ3n) is 3.64. The maximum atomic E-state index is 13.5. The summed E-state index contributed by atoms with van der Waals surface area (Å²) in [6.45, 7) is -0.559. The Labute approximate surface area is 162 Å². The van der Waals surface area contributed by atoms with E-state index >= 15 is 0 Å². The predicted octanol–water partition coefficient (Wildman–Crippen LogP) is 1.76. The van der Waals surface area contributed by atoms with Crippen LogP contribution in [-0.2, 0) is 14.8 Å². The second kappa shape index (κ2) is 9.18. The van der Waals surface area contributed by atoms with Crippen molar-refractivity contribution in [3.05, 3.63) is 53.8 Å². The summed E-state index contributed by atoms with van der Waals surface area (Å²) in [6.07, 6.45) is 2.09. The zero-order valence-corrected chi connectivity index (χ0v) is 16.4. The van der Waals surface area contributed by atoms with Crippen LogP contribution in [0.3, 0.4) is 0 Å². The summed E-state index contributed by atoms with van der Waals surface area (Å²) in [4.78, 5) is 12.2. The van der Waals surface area contributed by atoms with Gasteiger partial charge in [-0.2, -0.15) is 5.10 Å². The lowest BCUT2D eigenvalue weighted by molar-refractivity contribution is -0.119. The molecule has 0 aliphatic rings. The van der Waals surface area contributed by atoms with E-state index in [1.165, 1.54) is 44.6 Å². The summed E-state index contributed by atoms with van der Waals surface area (Å²) in [6, 6.07) is 10.4. The third-order valence-corrected chi connectivity index (χ3v) is 4.77. The van der Waals surface area contributed by atoms with Crippen LogP contribution in [-0.4, -0.2) is 47.6 Å². The Morgan fingerprint density at radius 3 is 2.54 bits per heavy atom. The lowest BCUT2D eigenvalue weighted by atomic mass is 10.2. The van der Waals surface area contributed by atoms with Gasteiger partial charge in [-0.1, -0.05) is 18.2 Å². The van der Waals surface area contributed by atoms with Gasteiger partial charge in [0.05, 0.1) is 32.4 Å². The van der Waals surface area contributed by atoms with E-state index in [0.29, 0.717) is 5.75 Å². The number of sulfonamides is 1. The average Bonchev–Trinajstić information content (AvgIpc) is 2.66. The van der Waals surface area contributed by atoms with Gasteiger partial charge in [0.1, 0.15) is 23.9 Å². The summed E-state index contributed by atoms with van der Waals surface area (Å²) in [5.41, 5.74) is 2.50. The first-order chi connectivity index (χ1) is 13.3. The molecule has 0 fully saturated rings. The van der Waals surface area contributed by atoms with Gasteiger partial charge in [-0.15, -0.1) is 0 Å². The van der Waals surface area contributed by atoms with Gasteiger partial charge < -0.3 is 9.47 Å². The van der Waals surface area contributed by atoms with Crippen molar-refractivity contribution in [3.63, 3.8) is 0 Å². The Balaban J connectivity index is 2.22. The number of ether oxygens (including phenoxy) is 2. The number of rotatable bonds is 8. The van der Waals surface area contributed by atoms with Gasteiger partial charge in [0, 0.05) is 11.6 Å². The van der Waals surface area contributed by atoms with Gasteiger partial charge in [0.15, 0.2) is 0 Å². The molecule has 2 rings (SSSR count). The summed E-state index contributed by atoms with van der Waals surface area (Å²) >= 11 is 0. The summed E-state index contributed by atoms with van der Waals surface area (Å²) in [7, 11) is -1.02. The van der Waals surface area contributed by atoms with Crippen molar-refractivity contribution in [2.24, 2.45) is 5.10 Å². The van der Waals surface area contributed by atoms with Crippen molar-refractivity contribution < 1.29 is 27.1 Å². The molecular weight excluding hydrogens is 389 g/mol. The summed E-state index contributed by atoms with van der Waals surface area (Å²) in [5, 5.41) is 3.67. The second-order valence-corrected chi connectivity index (χ2v) is 7.53. The number of amides is 1. The minimum Gasteiger partial charge on any atom is -0.497 e. The summed E-state index contributed by atoms with van der Waals surface area (Å²) < 4.78 is 49.2. The molecule has 1 N–H and O–H groups in total. The van der Waals surface area contributed by atoms with Crippen LogP contribution >= 0.6 is 0 Å². The maximum Gasteiger partial charge on any atom is 0.260 e. The van der Waals surface area contributed by atoms with Crippen molar-refractivity contribution in [1.29, 1.82) is 0 Å². The largest absolute Gasteiger partial charge is 0.497 e. The van der Waals surface area contributed by atoms with Gasteiger partial charge in [-0.05, 0) is 18.2 Å². The SMILES string of the molecule is COc1ccc(OC)c(N(CC(=O)N/N=C\c2ccccc2F)S(C)(=O)=O)c1. The molecule has 0 saturated carbocycles. The Bertz CT molecular complexity index is 979. The van der Waals surface area contributed by atoms with Crippen molar-refractivity contribution in [2.75, 3.05) is 31.3 Å². The number of hydrazone groups is 1. The molecule has 1 amide bonds. The quantitative estimate of drug-likeness (QED) is 0.529. The third kappa shape index (κ3) is 5.43. The molecule has 0 aliphatic heterocycles. The van der Waals surface area contributed by atoms with Crippen LogP contribution in [0.4, 0.5) is 10.1 Å². The van der Waals surface area contributed by atoms with Gasteiger partial charge in [-0.25, -0.2) is 18.2 Å². The lowest BCUT2D eigenvalue weighted by Gasteiger charge is -2.23. The number of halogens is 1. The smallest absolute Gasteiger partial charge is 0.260 e. The van der Waals surface area contributed by atoms with Gasteiger partial charge in [0.2, 0.25) is 10.0 Å². The number of carbonyl (C=O) groups excluding carboxylic acids is 1. The molecule has 0 aliphatic carbocycles. The van der Waals surface area contributed by atoms with E-state index in [0.717, 1.165) is 16.8 Å². The first-order valence-electron chi connectivity index (χ1n) is 8.02. The maximum absolute atomic E-state index is 13.5. The van der Waals surface area contributed by atoms with Crippen LogP contribution in [0, 0.1) is 5.82 Å². The van der Waals surface area contributed by atoms with E-state index < -0.39 is 28.3 Å². The van der Waals surface area contributed by atoms with Crippen LogP contribution in [0.25, 0.3) is 0 Å². The van der Waals surface area contributed by atoms with E-state index in [1.807, 2.05) is 0 Å². The van der Waals surface area contributed by atoms with Gasteiger partial charge in [0.25, 0.3) is 5.91 Å². The highest BCUT2D eigenvalue weighted by Gasteiger charge is 2.24. The van der Waals surface area contributed by atoms with E-state index in [9.17, 15) is 17.6 Å². The second-order valence-electron chi connectivity index (χ2n) is 5.62. The van der Waals surface area contributed by atoms with E-state index in [2.05, 4.69) is 10.5 Å². The van der Waals surface area contributed by atoms with Gasteiger partial charge in [-0.3, -0.25) is 9.10 Å². The van der Waals surface area contributed by atoms with Crippen LogP contribution < -0.4 is 19.2 Å². The zero-order valence-electron chi connectivity index (χ0n) is 15.5. The molecule has 150 valence electrons. The van der Waals surface area contributed by atoms with E-state index in [4.69, 9.17) is 9.47 Å². The fraction of sp³-hybridized carbons (Fsp3) is 0.222. The molecule has 2 aromatic rings. The number of anilines is 1. The fourth-order valence-corrected chi connectivity index (χ4v) is 3.14. The highest BCUT2D eigenvalue weighted by molar-refractivity contribution is 7.92. The van der Waals surface area contributed by atoms with Crippen LogP contribution in [0.15, 0.2) is 47.6 Å². The molecule has 0 aromatic heterocycles. The minimum atomic E-state index is -3.83. The molecule has 0 unspecified atom stereocenters. The minimum absolute atomic E-state index is 0.137. The Kier molecular flexibility index (Phi) is 6.94. The Hall–Kier alpha value is -3.14. The molecule has 0 bridgehead atoms. The number of hydrogen-bond acceptors (Lipinski definition) is 6. The molecule has 0 atom stereocenters. The molecule has 0 heterocycles. The number of benzene rings is 2. The first kappa shape index (κ1) is 21.2. The average molecular weight is 409 g/mol. The molecule has 0 saturated heterocycles. The van der Waals surface area contributed by atoms with Crippen LogP contribution in [0.2, 0.25) is 0 Å². The number of carbonyl (C=O) groups is 1. The molecule has 10 heteroatoms. The standard InChI is InChI=1S/C18H20FN3O5S/c1-26-14-8-9-17(27-2)16(10-14)22(28(3,24)25)12-18(23)21-20-11-13-6-4-5-7-15(13)19/h4-11H,12H2,1-3H3,(H,21,23)/b20-11-. The number of hydrogen-bond donors (Lipinski definition) is 1. The molecule has 8 nitrogen and oxygen atoms in total. The molecule has 0 spiro atoms.